The number of nitrogens with zero attached hydrogens (tertiary/aromatic N) is 1. The second-order valence-electron chi connectivity index (χ2n) is 4.53. The summed E-state index contributed by atoms with van der Waals surface area (Å²) in [4.78, 5) is 4.45. The Kier molecular flexibility index (Phi) is 4.31. The highest BCUT2D eigenvalue weighted by Crippen LogP contribution is 2.25. The van der Waals surface area contributed by atoms with Crippen molar-refractivity contribution in [3.05, 3.63) is 24.0 Å². The van der Waals surface area contributed by atoms with Crippen molar-refractivity contribution in [1.29, 1.82) is 0 Å². The molecule has 0 saturated heterocycles. The van der Waals surface area contributed by atoms with Crippen LogP contribution in [-0.2, 0) is 0 Å². The van der Waals surface area contributed by atoms with Crippen LogP contribution in [0, 0.1) is 5.92 Å². The van der Waals surface area contributed by atoms with E-state index in [4.69, 9.17) is 22.7 Å². The summed E-state index contributed by atoms with van der Waals surface area (Å²) in [6, 6.07) is 3.72. The molecule has 4 heteroatoms. The Morgan fingerprint density at radius 3 is 2.88 bits per heavy atom. The molecule has 1 fully saturated rings. The van der Waals surface area contributed by atoms with Gasteiger partial charge in [0.15, 0.2) is 0 Å². The summed E-state index contributed by atoms with van der Waals surface area (Å²) in [5.41, 5.74) is 6.21. The van der Waals surface area contributed by atoms with E-state index in [1.807, 2.05) is 12.1 Å². The molecule has 0 spiro atoms. The van der Waals surface area contributed by atoms with Gasteiger partial charge in [-0.2, -0.15) is 0 Å². The molecular weight excluding hydrogens is 232 g/mol. The number of hydrogen-bond acceptors (Lipinski definition) is 3. The van der Waals surface area contributed by atoms with E-state index in [2.05, 4.69) is 4.98 Å². The summed E-state index contributed by atoms with van der Waals surface area (Å²) in [6.07, 6.45) is 8.22. The average molecular weight is 250 g/mol. The molecule has 1 aliphatic carbocycles. The third-order valence-electron chi connectivity index (χ3n) is 3.20. The smallest absolute Gasteiger partial charge is 0.147 e. The van der Waals surface area contributed by atoms with Crippen molar-refractivity contribution in [3.63, 3.8) is 0 Å². The zero-order valence-electron chi connectivity index (χ0n) is 9.89. The van der Waals surface area contributed by atoms with E-state index < -0.39 is 0 Å². The Morgan fingerprint density at radius 2 is 2.18 bits per heavy atom. The highest BCUT2D eigenvalue weighted by molar-refractivity contribution is 7.80. The molecular formula is C13H18N2OS. The number of ether oxygens (including phenoxy) is 1. The summed E-state index contributed by atoms with van der Waals surface area (Å²) in [5, 5.41) is 0. The van der Waals surface area contributed by atoms with Crippen molar-refractivity contribution in [2.75, 3.05) is 6.61 Å². The van der Waals surface area contributed by atoms with Crippen molar-refractivity contribution in [2.45, 2.75) is 32.1 Å². The fourth-order valence-corrected chi connectivity index (χ4v) is 2.41. The summed E-state index contributed by atoms with van der Waals surface area (Å²) < 4.78 is 5.81. The molecule has 1 aromatic heterocycles. The van der Waals surface area contributed by atoms with Gasteiger partial charge in [0.05, 0.1) is 6.61 Å². The highest BCUT2D eigenvalue weighted by atomic mass is 32.1. The molecule has 1 aliphatic rings. The van der Waals surface area contributed by atoms with Crippen molar-refractivity contribution in [3.8, 4) is 5.75 Å². The number of thiocarbonyl (C=S) groups is 1. The van der Waals surface area contributed by atoms with E-state index >= 15 is 0 Å². The number of hydrogen-bond donors (Lipinski definition) is 1. The number of pyridine rings is 1. The zero-order valence-corrected chi connectivity index (χ0v) is 10.7. The molecule has 17 heavy (non-hydrogen) atoms. The van der Waals surface area contributed by atoms with Crippen LogP contribution >= 0.6 is 12.2 Å². The minimum atomic E-state index is 0.296. The monoisotopic (exact) mass is 250 g/mol. The van der Waals surface area contributed by atoms with Gasteiger partial charge in [0.1, 0.15) is 16.4 Å². The summed E-state index contributed by atoms with van der Waals surface area (Å²) in [7, 11) is 0. The van der Waals surface area contributed by atoms with E-state index in [1.54, 1.807) is 6.20 Å². The maximum Gasteiger partial charge on any atom is 0.147 e. The lowest BCUT2D eigenvalue weighted by Crippen LogP contribution is -2.18. The first-order valence-electron chi connectivity index (χ1n) is 6.15. The van der Waals surface area contributed by atoms with Crippen LogP contribution in [-0.4, -0.2) is 16.6 Å². The molecule has 0 radical (unpaired) electrons. The van der Waals surface area contributed by atoms with Crippen molar-refractivity contribution >= 4 is 17.2 Å². The molecule has 2 rings (SSSR count). The van der Waals surface area contributed by atoms with E-state index in [-0.39, 0.29) is 0 Å². The summed E-state index contributed by atoms with van der Waals surface area (Å²) in [5.74, 6) is 1.38. The molecule has 1 heterocycles. The predicted octanol–water partition coefficient (Wildman–Crippen LogP) is 2.67. The first-order valence-corrected chi connectivity index (χ1v) is 6.56. The maximum absolute atomic E-state index is 5.81. The van der Waals surface area contributed by atoms with Crippen LogP contribution in [0.15, 0.2) is 18.3 Å². The Labute approximate surface area is 107 Å². The third kappa shape index (κ3) is 3.40. The van der Waals surface area contributed by atoms with Gasteiger partial charge in [-0.25, -0.2) is 4.98 Å². The number of nitrogens with two attached hydrogens (primary N) is 1. The van der Waals surface area contributed by atoms with Gasteiger partial charge in [-0.1, -0.05) is 31.5 Å². The maximum atomic E-state index is 5.81. The van der Waals surface area contributed by atoms with Crippen LogP contribution in [0.25, 0.3) is 0 Å². The van der Waals surface area contributed by atoms with Crippen molar-refractivity contribution in [1.82, 2.24) is 4.98 Å². The quantitative estimate of drug-likeness (QED) is 0.835. The van der Waals surface area contributed by atoms with Gasteiger partial charge >= 0.3 is 0 Å². The SMILES string of the molecule is NC(=S)c1ncccc1OCC1CCCCC1. The molecule has 1 saturated carbocycles. The average Bonchev–Trinajstić information content (AvgIpc) is 2.38. The fraction of sp³-hybridized carbons (Fsp3) is 0.538. The molecule has 0 atom stereocenters. The van der Waals surface area contributed by atoms with Crippen molar-refractivity contribution < 1.29 is 4.74 Å². The molecule has 0 bridgehead atoms. The van der Waals surface area contributed by atoms with Gasteiger partial charge in [0.25, 0.3) is 0 Å². The molecule has 1 aromatic rings. The number of aromatic nitrogens is 1. The van der Waals surface area contributed by atoms with Gasteiger partial charge in [0, 0.05) is 6.20 Å². The summed E-state index contributed by atoms with van der Waals surface area (Å²) >= 11 is 4.96. The molecule has 0 amide bonds. The zero-order chi connectivity index (χ0) is 12.1. The third-order valence-corrected chi connectivity index (χ3v) is 3.40. The minimum Gasteiger partial charge on any atom is -0.491 e. The number of rotatable bonds is 4. The van der Waals surface area contributed by atoms with Gasteiger partial charge in [-0.15, -0.1) is 0 Å². The normalized spacial score (nSPS) is 16.7. The Balaban J connectivity index is 1.96. The molecule has 92 valence electrons. The lowest BCUT2D eigenvalue weighted by atomic mass is 9.90. The van der Waals surface area contributed by atoms with E-state index in [0.717, 1.165) is 6.61 Å². The second-order valence-corrected chi connectivity index (χ2v) is 4.97. The van der Waals surface area contributed by atoms with Crippen LogP contribution in [0.4, 0.5) is 0 Å². The molecule has 2 N–H and O–H groups in total. The Morgan fingerprint density at radius 1 is 1.41 bits per heavy atom. The van der Waals surface area contributed by atoms with Crippen LogP contribution in [0.1, 0.15) is 37.8 Å². The van der Waals surface area contributed by atoms with E-state index in [1.165, 1.54) is 32.1 Å². The largest absolute Gasteiger partial charge is 0.491 e. The van der Waals surface area contributed by atoms with Crippen LogP contribution in [0.5, 0.6) is 5.75 Å². The first kappa shape index (κ1) is 12.3. The highest BCUT2D eigenvalue weighted by Gasteiger charge is 2.15. The van der Waals surface area contributed by atoms with Crippen LogP contribution < -0.4 is 10.5 Å². The van der Waals surface area contributed by atoms with Gasteiger partial charge in [0.2, 0.25) is 0 Å². The van der Waals surface area contributed by atoms with E-state index in [9.17, 15) is 0 Å². The van der Waals surface area contributed by atoms with Crippen LogP contribution in [0.2, 0.25) is 0 Å². The fourth-order valence-electron chi connectivity index (χ4n) is 2.25. The molecule has 0 unspecified atom stereocenters. The van der Waals surface area contributed by atoms with Gasteiger partial charge < -0.3 is 10.5 Å². The van der Waals surface area contributed by atoms with E-state index in [0.29, 0.717) is 22.3 Å². The van der Waals surface area contributed by atoms with Gasteiger partial charge in [-0.3, -0.25) is 0 Å². The molecule has 0 aromatic carbocycles. The Hall–Kier alpha value is -1.16. The van der Waals surface area contributed by atoms with Gasteiger partial charge in [-0.05, 0) is 30.9 Å². The predicted molar refractivity (Wildman–Crippen MR) is 72.2 cm³/mol. The summed E-state index contributed by atoms with van der Waals surface area (Å²) in [6.45, 7) is 0.751. The lowest BCUT2D eigenvalue weighted by Gasteiger charge is -2.22. The second kappa shape index (κ2) is 5.96. The Bertz CT molecular complexity index is 389. The first-order chi connectivity index (χ1) is 8.27. The molecule has 0 aliphatic heterocycles. The minimum absolute atomic E-state index is 0.296. The topological polar surface area (TPSA) is 48.1 Å². The standard InChI is InChI=1S/C13H18N2OS/c14-13(17)12-11(7-4-8-15-12)16-9-10-5-2-1-3-6-10/h4,7-8,10H,1-3,5-6,9H2,(H2,14,17). The van der Waals surface area contributed by atoms with Crippen LogP contribution in [0.3, 0.4) is 0 Å². The lowest BCUT2D eigenvalue weighted by molar-refractivity contribution is 0.208. The van der Waals surface area contributed by atoms with Crippen molar-refractivity contribution in [2.24, 2.45) is 11.7 Å². The molecule has 3 nitrogen and oxygen atoms in total.